The second-order valence-electron chi connectivity index (χ2n) is 6.76. The van der Waals surface area contributed by atoms with E-state index in [1.54, 1.807) is 5.57 Å². The highest BCUT2D eigenvalue weighted by molar-refractivity contribution is 5.06. The first-order valence-corrected chi connectivity index (χ1v) is 8.09. The van der Waals surface area contributed by atoms with Gasteiger partial charge in [0.2, 0.25) is 0 Å². The van der Waals surface area contributed by atoms with Crippen LogP contribution in [0.2, 0.25) is 0 Å². The smallest absolute Gasteiger partial charge is 0.00953 e. The van der Waals surface area contributed by atoms with Crippen molar-refractivity contribution < 1.29 is 0 Å². The third kappa shape index (κ3) is 3.85. The van der Waals surface area contributed by atoms with Crippen molar-refractivity contribution in [3.63, 3.8) is 0 Å². The van der Waals surface area contributed by atoms with E-state index in [2.05, 4.69) is 32.2 Å². The monoisotopic (exact) mass is 249 g/mol. The van der Waals surface area contributed by atoms with E-state index in [4.69, 9.17) is 0 Å². The van der Waals surface area contributed by atoms with Gasteiger partial charge in [0.1, 0.15) is 0 Å². The maximum absolute atomic E-state index is 3.91. The van der Waals surface area contributed by atoms with Crippen molar-refractivity contribution in [1.29, 1.82) is 0 Å². The third-order valence-electron chi connectivity index (χ3n) is 4.99. The maximum atomic E-state index is 3.91. The zero-order valence-electron chi connectivity index (χ0n) is 12.5. The molecule has 0 radical (unpaired) electrons. The normalized spacial score (nSPS) is 37.4. The molecule has 0 bridgehead atoms. The Morgan fingerprint density at radius 2 is 2.06 bits per heavy atom. The molecule has 0 aromatic rings. The molecule has 1 nitrogen and oxygen atoms in total. The molecule has 18 heavy (non-hydrogen) atoms. The Morgan fingerprint density at radius 1 is 1.28 bits per heavy atom. The van der Waals surface area contributed by atoms with Gasteiger partial charge in [-0.05, 0) is 56.9 Å². The Bertz CT molecular complexity index is 281. The van der Waals surface area contributed by atoms with Crippen LogP contribution in [-0.4, -0.2) is 12.6 Å². The molecule has 1 saturated carbocycles. The average Bonchev–Trinajstić information content (AvgIpc) is 2.35. The van der Waals surface area contributed by atoms with Crippen molar-refractivity contribution in [3.05, 3.63) is 11.6 Å². The van der Waals surface area contributed by atoms with Crippen molar-refractivity contribution in [2.24, 2.45) is 17.8 Å². The van der Waals surface area contributed by atoms with Crippen LogP contribution in [0.1, 0.15) is 65.7 Å². The number of hydrogen-bond acceptors (Lipinski definition) is 1. The van der Waals surface area contributed by atoms with Gasteiger partial charge >= 0.3 is 0 Å². The van der Waals surface area contributed by atoms with E-state index < -0.39 is 0 Å². The Morgan fingerprint density at radius 3 is 2.78 bits per heavy atom. The standard InChI is InChI=1S/C17H31N/c1-4-16-7-5-6-8-17(16)18-12-15-10-13(2)9-14(3)11-15/h9,13,15-18H,4-8,10-12H2,1-3H3. The van der Waals surface area contributed by atoms with Gasteiger partial charge in [-0.15, -0.1) is 0 Å². The van der Waals surface area contributed by atoms with Gasteiger partial charge in [0.05, 0.1) is 0 Å². The van der Waals surface area contributed by atoms with Crippen LogP contribution >= 0.6 is 0 Å². The minimum absolute atomic E-state index is 0.791. The summed E-state index contributed by atoms with van der Waals surface area (Å²) in [5.41, 5.74) is 1.61. The van der Waals surface area contributed by atoms with Crippen LogP contribution in [0.4, 0.5) is 0 Å². The van der Waals surface area contributed by atoms with Crippen molar-refractivity contribution in [1.82, 2.24) is 5.32 Å². The molecule has 0 aromatic heterocycles. The molecular weight excluding hydrogens is 218 g/mol. The Balaban J connectivity index is 1.78. The van der Waals surface area contributed by atoms with Crippen molar-refractivity contribution >= 4 is 0 Å². The van der Waals surface area contributed by atoms with Gasteiger partial charge in [-0.1, -0.05) is 44.8 Å². The van der Waals surface area contributed by atoms with Crippen LogP contribution in [0.15, 0.2) is 11.6 Å². The van der Waals surface area contributed by atoms with E-state index in [-0.39, 0.29) is 0 Å². The summed E-state index contributed by atoms with van der Waals surface area (Å²) in [5, 5.41) is 3.91. The van der Waals surface area contributed by atoms with E-state index in [0.717, 1.165) is 23.8 Å². The van der Waals surface area contributed by atoms with E-state index in [1.807, 2.05) is 0 Å². The average molecular weight is 249 g/mol. The first-order chi connectivity index (χ1) is 8.69. The van der Waals surface area contributed by atoms with Gasteiger partial charge in [-0.25, -0.2) is 0 Å². The molecule has 1 N–H and O–H groups in total. The predicted octanol–water partition coefficient (Wildman–Crippen LogP) is 4.54. The minimum Gasteiger partial charge on any atom is -0.313 e. The Hall–Kier alpha value is -0.300. The number of rotatable bonds is 4. The van der Waals surface area contributed by atoms with E-state index in [1.165, 1.54) is 51.5 Å². The topological polar surface area (TPSA) is 12.0 Å². The fraction of sp³-hybridized carbons (Fsp3) is 0.882. The highest BCUT2D eigenvalue weighted by Gasteiger charge is 2.25. The fourth-order valence-corrected chi connectivity index (χ4v) is 4.12. The molecule has 1 fully saturated rings. The lowest BCUT2D eigenvalue weighted by molar-refractivity contribution is 0.238. The third-order valence-corrected chi connectivity index (χ3v) is 4.99. The highest BCUT2D eigenvalue weighted by Crippen LogP contribution is 2.30. The molecule has 0 spiro atoms. The zero-order valence-corrected chi connectivity index (χ0v) is 12.5. The molecule has 2 aliphatic carbocycles. The molecular formula is C17H31N. The molecule has 4 atom stereocenters. The van der Waals surface area contributed by atoms with Crippen LogP contribution in [0.25, 0.3) is 0 Å². The molecule has 2 aliphatic rings. The van der Waals surface area contributed by atoms with Crippen LogP contribution in [-0.2, 0) is 0 Å². The molecule has 0 aromatic carbocycles. The lowest BCUT2D eigenvalue weighted by atomic mass is 9.81. The first-order valence-electron chi connectivity index (χ1n) is 8.09. The highest BCUT2D eigenvalue weighted by atomic mass is 14.9. The van der Waals surface area contributed by atoms with Crippen molar-refractivity contribution in [2.45, 2.75) is 71.8 Å². The Kier molecular flexibility index (Phi) is 5.29. The van der Waals surface area contributed by atoms with Crippen LogP contribution in [0.5, 0.6) is 0 Å². The molecule has 0 amide bonds. The summed E-state index contributed by atoms with van der Waals surface area (Å²) >= 11 is 0. The summed E-state index contributed by atoms with van der Waals surface area (Å²) in [6.07, 6.45) is 12.3. The lowest BCUT2D eigenvalue weighted by Gasteiger charge is -2.34. The zero-order chi connectivity index (χ0) is 13.0. The Labute approximate surface area is 113 Å². The summed E-state index contributed by atoms with van der Waals surface area (Å²) in [4.78, 5) is 0. The van der Waals surface area contributed by atoms with Gasteiger partial charge in [-0.3, -0.25) is 0 Å². The summed E-state index contributed by atoms with van der Waals surface area (Å²) < 4.78 is 0. The number of hydrogen-bond donors (Lipinski definition) is 1. The second-order valence-corrected chi connectivity index (χ2v) is 6.76. The summed E-state index contributed by atoms with van der Waals surface area (Å²) in [6.45, 7) is 8.28. The van der Waals surface area contributed by atoms with Gasteiger partial charge in [-0.2, -0.15) is 0 Å². The van der Waals surface area contributed by atoms with Gasteiger partial charge in [0.15, 0.2) is 0 Å². The minimum atomic E-state index is 0.791. The molecule has 0 aliphatic heterocycles. The molecule has 4 unspecified atom stereocenters. The largest absolute Gasteiger partial charge is 0.313 e. The maximum Gasteiger partial charge on any atom is 0.00953 e. The summed E-state index contributed by atoms with van der Waals surface area (Å²) in [5.74, 6) is 2.61. The van der Waals surface area contributed by atoms with Crippen molar-refractivity contribution in [2.75, 3.05) is 6.54 Å². The van der Waals surface area contributed by atoms with Gasteiger partial charge in [0, 0.05) is 6.04 Å². The lowest BCUT2D eigenvalue weighted by Crippen LogP contribution is -2.41. The SMILES string of the molecule is CCC1CCCCC1NCC1CC(C)=CC(C)C1. The molecule has 104 valence electrons. The molecule has 2 rings (SSSR count). The summed E-state index contributed by atoms with van der Waals surface area (Å²) in [7, 11) is 0. The first kappa shape index (κ1) is 14.1. The molecule has 0 saturated heterocycles. The van der Waals surface area contributed by atoms with Gasteiger partial charge < -0.3 is 5.32 Å². The predicted molar refractivity (Wildman–Crippen MR) is 79.7 cm³/mol. The van der Waals surface area contributed by atoms with Crippen molar-refractivity contribution in [3.8, 4) is 0 Å². The van der Waals surface area contributed by atoms with E-state index in [9.17, 15) is 0 Å². The molecule has 1 heteroatoms. The van der Waals surface area contributed by atoms with Crippen LogP contribution < -0.4 is 5.32 Å². The second kappa shape index (κ2) is 6.75. The molecule has 0 heterocycles. The number of nitrogens with one attached hydrogen (secondary N) is 1. The van der Waals surface area contributed by atoms with Crippen LogP contribution in [0.3, 0.4) is 0 Å². The number of allylic oxidation sites excluding steroid dienone is 2. The van der Waals surface area contributed by atoms with E-state index in [0.29, 0.717) is 0 Å². The quantitative estimate of drug-likeness (QED) is 0.721. The van der Waals surface area contributed by atoms with Crippen LogP contribution in [0, 0.1) is 17.8 Å². The summed E-state index contributed by atoms with van der Waals surface area (Å²) in [6, 6.07) is 0.810. The van der Waals surface area contributed by atoms with E-state index >= 15 is 0 Å². The van der Waals surface area contributed by atoms with Gasteiger partial charge in [0.25, 0.3) is 0 Å². The fourth-order valence-electron chi connectivity index (χ4n) is 4.12.